The van der Waals surface area contributed by atoms with Gasteiger partial charge in [-0.05, 0) is 73.8 Å². The Balaban J connectivity index is 2.39. The van der Waals surface area contributed by atoms with Gasteiger partial charge in [0, 0.05) is 12.1 Å². The van der Waals surface area contributed by atoms with Gasteiger partial charge in [-0.2, -0.15) is 0 Å². The van der Waals surface area contributed by atoms with E-state index in [1.54, 1.807) is 0 Å². The second-order valence-corrected chi connectivity index (χ2v) is 6.89. The van der Waals surface area contributed by atoms with Crippen molar-refractivity contribution in [2.45, 2.75) is 50.1 Å². The molecule has 1 unspecified atom stereocenters. The van der Waals surface area contributed by atoms with Crippen molar-refractivity contribution < 1.29 is 9.53 Å². The summed E-state index contributed by atoms with van der Waals surface area (Å²) in [4.78, 5) is 16.6. The summed E-state index contributed by atoms with van der Waals surface area (Å²) in [5.74, 6) is -0.184. The molecule has 5 nitrogen and oxygen atoms in total. The average Bonchev–Trinajstić information content (AvgIpc) is 2.41. The van der Waals surface area contributed by atoms with E-state index >= 15 is 0 Å². The van der Waals surface area contributed by atoms with Crippen LogP contribution in [0.4, 0.5) is 0 Å². The Morgan fingerprint density at radius 2 is 1.95 bits per heavy atom. The molecule has 124 valence electrons. The van der Waals surface area contributed by atoms with E-state index in [1.807, 2.05) is 14.0 Å². The summed E-state index contributed by atoms with van der Waals surface area (Å²) < 4.78 is 4.88. The van der Waals surface area contributed by atoms with Crippen molar-refractivity contribution in [3.8, 4) is 0 Å². The maximum absolute atomic E-state index is 11.8. The van der Waals surface area contributed by atoms with E-state index in [-0.39, 0.29) is 5.97 Å². The van der Waals surface area contributed by atoms with Crippen molar-refractivity contribution in [1.82, 2.24) is 15.1 Å². The van der Waals surface area contributed by atoms with Gasteiger partial charge in [-0.3, -0.25) is 4.79 Å². The highest BCUT2D eigenvalue weighted by Gasteiger charge is 2.39. The highest BCUT2D eigenvalue weighted by Crippen LogP contribution is 2.36. The van der Waals surface area contributed by atoms with Crippen molar-refractivity contribution in [3.05, 3.63) is 0 Å². The topological polar surface area (TPSA) is 44.8 Å². The minimum Gasteiger partial charge on any atom is -0.468 e. The van der Waals surface area contributed by atoms with E-state index in [0.29, 0.717) is 5.54 Å². The maximum atomic E-state index is 11.8. The molecule has 1 aliphatic rings. The maximum Gasteiger partial charge on any atom is 0.325 e. The van der Waals surface area contributed by atoms with Gasteiger partial charge < -0.3 is 19.9 Å². The van der Waals surface area contributed by atoms with Crippen LogP contribution in [0.3, 0.4) is 0 Å². The zero-order valence-corrected chi connectivity index (χ0v) is 14.7. The van der Waals surface area contributed by atoms with Crippen LogP contribution in [0.15, 0.2) is 0 Å². The summed E-state index contributed by atoms with van der Waals surface area (Å²) in [6.07, 6.45) is 5.69. The van der Waals surface area contributed by atoms with Gasteiger partial charge in [0.2, 0.25) is 0 Å². The zero-order chi connectivity index (χ0) is 16.1. The molecule has 0 aliphatic heterocycles. The Kier molecular flexibility index (Phi) is 6.63. The standard InChI is InChI=1S/C16H33N3O2/c1-15(17-2,14(20)21-6)9-8-12-19(5)13-16(18(3)4)10-7-11-16/h17H,7-13H2,1-6H3. The first-order valence-corrected chi connectivity index (χ1v) is 7.93. The molecule has 0 amide bonds. The van der Waals surface area contributed by atoms with Crippen LogP contribution >= 0.6 is 0 Å². The lowest BCUT2D eigenvalue weighted by molar-refractivity contribution is -0.148. The van der Waals surface area contributed by atoms with Gasteiger partial charge in [0.25, 0.3) is 0 Å². The monoisotopic (exact) mass is 299 g/mol. The summed E-state index contributed by atoms with van der Waals surface area (Å²) in [5.41, 5.74) is -0.214. The predicted octanol–water partition coefficient (Wildman–Crippen LogP) is 1.33. The summed E-state index contributed by atoms with van der Waals surface area (Å²) >= 11 is 0. The number of hydrogen-bond donors (Lipinski definition) is 1. The Bertz CT molecular complexity index is 342. The first-order chi connectivity index (χ1) is 9.79. The third-order valence-electron chi connectivity index (χ3n) is 5.20. The number of nitrogens with zero attached hydrogens (tertiary/aromatic N) is 2. The van der Waals surface area contributed by atoms with Gasteiger partial charge in [-0.15, -0.1) is 0 Å². The lowest BCUT2D eigenvalue weighted by atomic mass is 9.75. The molecule has 1 aliphatic carbocycles. The molecule has 1 saturated carbocycles. The fraction of sp³-hybridized carbons (Fsp3) is 0.938. The van der Waals surface area contributed by atoms with Crippen molar-refractivity contribution in [3.63, 3.8) is 0 Å². The third-order valence-corrected chi connectivity index (χ3v) is 5.20. The molecule has 1 atom stereocenters. The molecule has 0 saturated heterocycles. The Labute approximate surface area is 130 Å². The summed E-state index contributed by atoms with van der Waals surface area (Å²) in [5, 5.41) is 3.09. The highest BCUT2D eigenvalue weighted by molar-refractivity contribution is 5.80. The van der Waals surface area contributed by atoms with Gasteiger partial charge in [0.15, 0.2) is 0 Å². The van der Waals surface area contributed by atoms with Crippen LogP contribution in [0.25, 0.3) is 0 Å². The van der Waals surface area contributed by atoms with E-state index in [0.717, 1.165) is 25.9 Å². The largest absolute Gasteiger partial charge is 0.468 e. The molecule has 0 bridgehead atoms. The highest BCUT2D eigenvalue weighted by atomic mass is 16.5. The molecular formula is C16H33N3O2. The number of carbonyl (C=O) groups is 1. The van der Waals surface area contributed by atoms with Crippen molar-refractivity contribution >= 4 is 5.97 Å². The molecule has 0 radical (unpaired) electrons. The molecule has 1 fully saturated rings. The lowest BCUT2D eigenvalue weighted by Gasteiger charge is -2.49. The predicted molar refractivity (Wildman–Crippen MR) is 86.5 cm³/mol. The third kappa shape index (κ3) is 4.41. The van der Waals surface area contributed by atoms with Crippen LogP contribution < -0.4 is 5.32 Å². The molecule has 0 aromatic heterocycles. The fourth-order valence-corrected chi connectivity index (χ4v) is 3.17. The summed E-state index contributed by atoms with van der Waals surface area (Å²) in [7, 11) is 9.81. The molecule has 1 N–H and O–H groups in total. The molecule has 0 spiro atoms. The molecule has 21 heavy (non-hydrogen) atoms. The summed E-state index contributed by atoms with van der Waals surface area (Å²) in [6.45, 7) is 4.02. The zero-order valence-electron chi connectivity index (χ0n) is 14.7. The minimum atomic E-state index is -0.578. The quantitative estimate of drug-likeness (QED) is 0.651. The van der Waals surface area contributed by atoms with Crippen LogP contribution in [0.2, 0.25) is 0 Å². The van der Waals surface area contributed by atoms with Crippen LogP contribution in [0.1, 0.15) is 39.0 Å². The Morgan fingerprint density at radius 3 is 2.33 bits per heavy atom. The van der Waals surface area contributed by atoms with Gasteiger partial charge in [-0.25, -0.2) is 0 Å². The smallest absolute Gasteiger partial charge is 0.325 e. The first-order valence-electron chi connectivity index (χ1n) is 7.93. The van der Waals surface area contributed by atoms with Crippen molar-refractivity contribution in [1.29, 1.82) is 0 Å². The summed E-state index contributed by atoms with van der Waals surface area (Å²) in [6, 6.07) is 0. The van der Waals surface area contributed by atoms with Crippen LogP contribution in [0.5, 0.6) is 0 Å². The number of esters is 1. The van der Waals surface area contributed by atoms with Gasteiger partial charge in [-0.1, -0.05) is 0 Å². The molecule has 5 heteroatoms. The SMILES string of the molecule is CNC(C)(CCCN(C)CC1(N(C)C)CCC1)C(=O)OC. The second kappa shape index (κ2) is 7.56. The second-order valence-electron chi connectivity index (χ2n) is 6.89. The normalized spacial score (nSPS) is 20.2. The number of nitrogens with one attached hydrogen (secondary N) is 1. The minimum absolute atomic E-state index is 0.184. The number of methoxy groups -OCH3 is 1. The van der Waals surface area contributed by atoms with E-state index in [4.69, 9.17) is 4.74 Å². The number of rotatable bonds is 9. The number of carbonyl (C=O) groups excluding carboxylic acids is 1. The van der Waals surface area contributed by atoms with Crippen molar-refractivity contribution in [2.24, 2.45) is 0 Å². The lowest BCUT2D eigenvalue weighted by Crippen LogP contribution is -2.56. The Morgan fingerprint density at radius 1 is 1.33 bits per heavy atom. The van der Waals surface area contributed by atoms with E-state index < -0.39 is 5.54 Å². The molecule has 0 heterocycles. The van der Waals surface area contributed by atoms with Crippen LogP contribution in [-0.2, 0) is 9.53 Å². The molecule has 0 aromatic rings. The van der Waals surface area contributed by atoms with E-state index in [2.05, 4.69) is 36.3 Å². The average molecular weight is 299 g/mol. The van der Waals surface area contributed by atoms with Gasteiger partial charge in [0.1, 0.15) is 5.54 Å². The van der Waals surface area contributed by atoms with Gasteiger partial charge in [0.05, 0.1) is 7.11 Å². The number of ether oxygens (including phenoxy) is 1. The van der Waals surface area contributed by atoms with Crippen molar-refractivity contribution in [2.75, 3.05) is 48.4 Å². The number of likely N-dealkylation sites (N-methyl/N-ethyl adjacent to an activating group) is 3. The van der Waals surface area contributed by atoms with Crippen LogP contribution in [0, 0.1) is 0 Å². The molecule has 0 aromatic carbocycles. The fourth-order valence-electron chi connectivity index (χ4n) is 3.17. The van der Waals surface area contributed by atoms with E-state index in [9.17, 15) is 4.79 Å². The van der Waals surface area contributed by atoms with Crippen LogP contribution in [-0.4, -0.2) is 75.2 Å². The first kappa shape index (κ1) is 18.4. The molecule has 1 rings (SSSR count). The Hall–Kier alpha value is -0.650. The van der Waals surface area contributed by atoms with E-state index in [1.165, 1.54) is 26.4 Å². The number of hydrogen-bond acceptors (Lipinski definition) is 5. The van der Waals surface area contributed by atoms with Gasteiger partial charge >= 0.3 is 5.97 Å². The molecular weight excluding hydrogens is 266 g/mol.